The largest absolute Gasteiger partial charge is 0.308 e. The Morgan fingerprint density at radius 3 is 1.49 bits per heavy atom. The van der Waals surface area contributed by atoms with Gasteiger partial charge in [-0.2, -0.15) is 0 Å². The van der Waals surface area contributed by atoms with Crippen LogP contribution in [0.1, 0.15) is 22.3 Å². The van der Waals surface area contributed by atoms with Crippen LogP contribution in [0.3, 0.4) is 0 Å². The lowest BCUT2D eigenvalue weighted by molar-refractivity contribution is 0.794. The van der Waals surface area contributed by atoms with Crippen molar-refractivity contribution in [2.75, 3.05) is 4.90 Å². The lowest BCUT2D eigenvalue weighted by Gasteiger charge is -2.32. The summed E-state index contributed by atoms with van der Waals surface area (Å²) in [6, 6.07) is 75.0. The van der Waals surface area contributed by atoms with Gasteiger partial charge in [0.25, 0.3) is 0 Å². The van der Waals surface area contributed by atoms with Crippen LogP contribution in [0.15, 0.2) is 200 Å². The predicted molar refractivity (Wildman–Crippen MR) is 243 cm³/mol. The van der Waals surface area contributed by atoms with Crippen molar-refractivity contribution in [1.82, 2.24) is 0 Å². The monoisotopic (exact) mass is 739 g/mol. The Morgan fingerprint density at radius 1 is 0.333 bits per heavy atom. The van der Waals surface area contributed by atoms with E-state index in [4.69, 9.17) is 0 Å². The Kier molecular flexibility index (Phi) is 6.31. The zero-order chi connectivity index (χ0) is 37.2. The summed E-state index contributed by atoms with van der Waals surface area (Å²) in [6.45, 7) is 0. The Morgan fingerprint density at radius 2 is 0.807 bits per heavy atom. The molecule has 0 amide bonds. The molecule has 0 N–H and O–H groups in total. The van der Waals surface area contributed by atoms with Gasteiger partial charge in [0.1, 0.15) is 0 Å². The van der Waals surface area contributed by atoms with Gasteiger partial charge in [0, 0.05) is 26.7 Å². The first kappa shape index (κ1) is 31.2. The summed E-state index contributed by atoms with van der Waals surface area (Å²) in [6.07, 6.45) is 0. The van der Waals surface area contributed by atoms with Crippen LogP contribution in [0.4, 0.5) is 17.1 Å². The van der Waals surface area contributed by atoms with Gasteiger partial charge in [-0.1, -0.05) is 170 Å². The zero-order valence-corrected chi connectivity index (χ0v) is 31.7. The molecule has 0 unspecified atom stereocenters. The lowest BCUT2D eigenvalue weighted by atomic mass is 9.70. The summed E-state index contributed by atoms with van der Waals surface area (Å²) in [4.78, 5) is 2.57. The van der Waals surface area contributed by atoms with Gasteiger partial charge in [0.2, 0.25) is 0 Å². The van der Waals surface area contributed by atoms with E-state index in [1.165, 1.54) is 108 Å². The van der Waals surface area contributed by atoms with Crippen LogP contribution in [0.25, 0.3) is 74.7 Å². The van der Waals surface area contributed by atoms with E-state index < -0.39 is 5.41 Å². The first-order valence-electron chi connectivity index (χ1n) is 19.8. The molecular formula is C55H33NS. The number of thiophene rings is 1. The van der Waals surface area contributed by atoms with E-state index in [1.54, 1.807) is 0 Å². The first-order valence-corrected chi connectivity index (χ1v) is 20.6. The SMILES string of the molecule is c1ccc2c(c1)-c1ccccc1C21c2ccccc2-c2c(N(c3ccc4c5ccccc5c5ccccc5c4c3)c3cccc4c3sc3ccccc34)cccc21. The predicted octanol–water partition coefficient (Wildman–Crippen LogP) is 15.3. The van der Waals surface area contributed by atoms with Crippen LogP contribution in [-0.4, -0.2) is 0 Å². The summed E-state index contributed by atoms with van der Waals surface area (Å²) in [5.41, 5.74) is 13.7. The Labute approximate surface area is 334 Å². The van der Waals surface area contributed by atoms with Gasteiger partial charge in [-0.25, -0.2) is 0 Å². The van der Waals surface area contributed by atoms with E-state index in [0.29, 0.717) is 0 Å². The van der Waals surface area contributed by atoms with Crippen molar-refractivity contribution < 1.29 is 0 Å². The van der Waals surface area contributed by atoms with Gasteiger partial charge in [-0.05, 0) is 102 Å². The molecule has 0 saturated heterocycles. The molecule has 13 rings (SSSR count). The summed E-state index contributed by atoms with van der Waals surface area (Å²) >= 11 is 1.89. The number of anilines is 3. The van der Waals surface area contributed by atoms with Crippen molar-refractivity contribution in [3.8, 4) is 22.3 Å². The number of hydrogen-bond acceptors (Lipinski definition) is 2. The van der Waals surface area contributed by atoms with Gasteiger partial charge >= 0.3 is 0 Å². The molecule has 264 valence electrons. The number of benzene rings is 10. The van der Waals surface area contributed by atoms with Crippen LogP contribution in [0.5, 0.6) is 0 Å². The molecule has 0 aliphatic heterocycles. The maximum absolute atomic E-state index is 2.57. The van der Waals surface area contributed by atoms with E-state index in [9.17, 15) is 0 Å². The van der Waals surface area contributed by atoms with Crippen LogP contribution in [0.2, 0.25) is 0 Å². The molecule has 0 bridgehead atoms. The molecule has 57 heavy (non-hydrogen) atoms. The quantitative estimate of drug-likeness (QED) is 0.163. The van der Waals surface area contributed by atoms with Gasteiger partial charge in [0.15, 0.2) is 0 Å². The maximum Gasteiger partial charge on any atom is 0.0726 e. The molecular weight excluding hydrogens is 707 g/mol. The fourth-order valence-electron chi connectivity index (χ4n) is 10.7. The normalized spacial score (nSPS) is 13.4. The molecule has 1 heterocycles. The Bertz CT molecular complexity index is 3420. The molecule has 2 aliphatic rings. The molecule has 0 saturated carbocycles. The van der Waals surface area contributed by atoms with Crippen molar-refractivity contribution in [3.05, 3.63) is 222 Å². The van der Waals surface area contributed by atoms with Gasteiger partial charge in [-0.15, -0.1) is 11.3 Å². The van der Waals surface area contributed by atoms with Crippen molar-refractivity contribution in [2.45, 2.75) is 5.41 Å². The highest BCUT2D eigenvalue weighted by Gasteiger charge is 2.52. The molecule has 11 aromatic rings. The number of fused-ring (bicyclic) bond motifs is 19. The molecule has 10 aromatic carbocycles. The highest BCUT2D eigenvalue weighted by Crippen LogP contribution is 2.65. The minimum atomic E-state index is -0.428. The van der Waals surface area contributed by atoms with Crippen molar-refractivity contribution in [2.24, 2.45) is 0 Å². The van der Waals surface area contributed by atoms with Crippen LogP contribution in [0, 0.1) is 0 Å². The number of hydrogen-bond donors (Lipinski definition) is 0. The molecule has 0 fully saturated rings. The van der Waals surface area contributed by atoms with Crippen molar-refractivity contribution >= 4 is 80.9 Å². The average Bonchev–Trinajstić information content (AvgIpc) is 3.92. The summed E-state index contributed by atoms with van der Waals surface area (Å²) in [5.74, 6) is 0. The highest BCUT2D eigenvalue weighted by molar-refractivity contribution is 7.26. The van der Waals surface area contributed by atoms with E-state index in [2.05, 4.69) is 205 Å². The molecule has 2 heteroatoms. The smallest absolute Gasteiger partial charge is 0.0726 e. The van der Waals surface area contributed by atoms with Gasteiger partial charge in [-0.3, -0.25) is 0 Å². The lowest BCUT2D eigenvalue weighted by Crippen LogP contribution is -2.26. The van der Waals surface area contributed by atoms with E-state index in [0.717, 1.165) is 5.69 Å². The van der Waals surface area contributed by atoms with E-state index >= 15 is 0 Å². The molecule has 1 nitrogen and oxygen atoms in total. The minimum Gasteiger partial charge on any atom is -0.308 e. The Hall–Kier alpha value is -7.00. The fourth-order valence-corrected chi connectivity index (χ4v) is 11.9. The summed E-state index contributed by atoms with van der Waals surface area (Å²) in [5, 5.41) is 10.3. The van der Waals surface area contributed by atoms with Crippen LogP contribution >= 0.6 is 11.3 Å². The third-order valence-corrected chi connectivity index (χ3v) is 14.1. The van der Waals surface area contributed by atoms with Crippen molar-refractivity contribution in [3.63, 3.8) is 0 Å². The number of nitrogens with zero attached hydrogens (tertiary/aromatic N) is 1. The second-order valence-corrected chi connectivity index (χ2v) is 16.5. The molecule has 2 aliphatic carbocycles. The second-order valence-electron chi connectivity index (χ2n) is 15.5. The topological polar surface area (TPSA) is 3.24 Å². The van der Waals surface area contributed by atoms with Gasteiger partial charge < -0.3 is 4.90 Å². The third-order valence-electron chi connectivity index (χ3n) is 12.9. The Balaban J connectivity index is 1.17. The molecule has 1 spiro atoms. The zero-order valence-electron chi connectivity index (χ0n) is 30.9. The third kappa shape index (κ3) is 4.02. The maximum atomic E-state index is 2.57. The molecule has 1 aromatic heterocycles. The summed E-state index contributed by atoms with van der Waals surface area (Å²) < 4.78 is 2.59. The summed E-state index contributed by atoms with van der Waals surface area (Å²) in [7, 11) is 0. The molecule has 0 radical (unpaired) electrons. The fraction of sp³-hybridized carbons (Fsp3) is 0.0182. The van der Waals surface area contributed by atoms with Crippen LogP contribution < -0.4 is 4.90 Å². The molecule has 0 atom stereocenters. The second kappa shape index (κ2) is 11.5. The average molecular weight is 740 g/mol. The first-order chi connectivity index (χ1) is 28.3. The van der Waals surface area contributed by atoms with Gasteiger partial charge in [0.05, 0.1) is 21.5 Å². The van der Waals surface area contributed by atoms with E-state index in [1.807, 2.05) is 11.3 Å². The highest BCUT2D eigenvalue weighted by atomic mass is 32.1. The standard InChI is InChI=1S/C55H33NS/c1-2-17-37-35(15-1)36-16-3-4-18-38(36)45-33-34(31-32-39(37)45)56(51-29-13-23-43-42-21-8-12-30-52(42)57-54(43)51)50-28-14-27-49-53(50)44-22-7-11-26-48(44)55(49)46-24-9-5-19-40(46)41-20-6-10-25-47(41)55/h1-33H. The minimum absolute atomic E-state index is 0.428. The van der Waals surface area contributed by atoms with Crippen molar-refractivity contribution in [1.29, 1.82) is 0 Å². The van der Waals surface area contributed by atoms with Crippen LogP contribution in [-0.2, 0) is 5.41 Å². The van der Waals surface area contributed by atoms with E-state index in [-0.39, 0.29) is 0 Å². The number of rotatable bonds is 3.